The Labute approximate surface area is 87.0 Å². The van der Waals surface area contributed by atoms with Crippen LogP contribution in [0, 0.1) is 6.92 Å². The zero-order valence-electron chi connectivity index (χ0n) is 8.08. The van der Waals surface area contributed by atoms with E-state index >= 15 is 0 Å². The molecule has 0 fully saturated rings. The molecule has 0 aliphatic rings. The fraction of sp³-hybridized carbons (Fsp3) is 0.273. The summed E-state index contributed by atoms with van der Waals surface area (Å²) < 4.78 is 1.14. The highest BCUT2D eigenvalue weighted by molar-refractivity contribution is 7.19. The minimum Gasteiger partial charge on any atom is -0.506 e. The van der Waals surface area contributed by atoms with Gasteiger partial charge >= 0.3 is 0 Å². The molecule has 0 saturated carbocycles. The first-order valence-electron chi connectivity index (χ1n) is 4.63. The van der Waals surface area contributed by atoms with Crippen molar-refractivity contribution in [3.05, 3.63) is 28.6 Å². The Morgan fingerprint density at radius 3 is 2.93 bits per heavy atom. The van der Waals surface area contributed by atoms with Crippen LogP contribution in [0.1, 0.15) is 10.4 Å². The van der Waals surface area contributed by atoms with Gasteiger partial charge in [0.2, 0.25) is 0 Å². The molecule has 0 spiro atoms. The van der Waals surface area contributed by atoms with Crippen LogP contribution in [0.25, 0.3) is 10.1 Å². The fourth-order valence-electron chi connectivity index (χ4n) is 1.54. The molecule has 1 aromatic heterocycles. The highest BCUT2D eigenvalue weighted by atomic mass is 32.1. The van der Waals surface area contributed by atoms with Gasteiger partial charge in [0.05, 0.1) is 0 Å². The molecule has 74 valence electrons. The highest BCUT2D eigenvalue weighted by Crippen LogP contribution is 2.37. The SMILES string of the molecule is Cc1ccc2c(O)c(CCN)sc2c1. The van der Waals surface area contributed by atoms with Crippen molar-refractivity contribution in [2.24, 2.45) is 5.73 Å². The summed E-state index contributed by atoms with van der Waals surface area (Å²) in [6.45, 7) is 2.64. The van der Waals surface area contributed by atoms with Crippen LogP contribution >= 0.6 is 11.3 Å². The standard InChI is InChI=1S/C11H13NOS/c1-7-2-3-8-10(6-7)14-9(4-5-12)11(8)13/h2-3,6,13H,4-5,12H2,1H3. The summed E-state index contributed by atoms with van der Waals surface area (Å²) in [5.41, 5.74) is 6.70. The quantitative estimate of drug-likeness (QED) is 0.794. The Kier molecular flexibility index (Phi) is 2.44. The summed E-state index contributed by atoms with van der Waals surface area (Å²) in [7, 11) is 0. The largest absolute Gasteiger partial charge is 0.506 e. The van der Waals surface area contributed by atoms with E-state index in [1.807, 2.05) is 12.1 Å². The topological polar surface area (TPSA) is 46.2 Å². The lowest BCUT2D eigenvalue weighted by Gasteiger charge is -1.94. The van der Waals surface area contributed by atoms with Gasteiger partial charge < -0.3 is 10.8 Å². The van der Waals surface area contributed by atoms with Crippen LogP contribution in [0.15, 0.2) is 18.2 Å². The minimum absolute atomic E-state index is 0.412. The summed E-state index contributed by atoms with van der Waals surface area (Å²) >= 11 is 1.63. The number of rotatable bonds is 2. The van der Waals surface area contributed by atoms with E-state index in [-0.39, 0.29) is 0 Å². The Balaban J connectivity index is 2.61. The number of thiophene rings is 1. The molecule has 2 rings (SSSR count). The van der Waals surface area contributed by atoms with Crippen LogP contribution < -0.4 is 5.73 Å². The Hall–Kier alpha value is -1.06. The van der Waals surface area contributed by atoms with Crippen molar-refractivity contribution < 1.29 is 5.11 Å². The van der Waals surface area contributed by atoms with Crippen LogP contribution in [0.5, 0.6) is 5.75 Å². The second kappa shape index (κ2) is 3.59. The molecule has 0 aliphatic carbocycles. The van der Waals surface area contributed by atoms with Crippen LogP contribution in [0.4, 0.5) is 0 Å². The van der Waals surface area contributed by atoms with E-state index < -0.39 is 0 Å². The Morgan fingerprint density at radius 1 is 1.43 bits per heavy atom. The Bertz CT molecular complexity index is 462. The molecule has 1 aromatic carbocycles. The van der Waals surface area contributed by atoms with Gasteiger partial charge in [-0.15, -0.1) is 11.3 Å². The summed E-state index contributed by atoms with van der Waals surface area (Å²) in [5, 5.41) is 10.8. The molecule has 14 heavy (non-hydrogen) atoms. The average molecular weight is 207 g/mol. The van der Waals surface area contributed by atoms with Crippen molar-refractivity contribution in [2.45, 2.75) is 13.3 Å². The smallest absolute Gasteiger partial charge is 0.137 e. The molecule has 0 aliphatic heterocycles. The van der Waals surface area contributed by atoms with Crippen molar-refractivity contribution in [1.82, 2.24) is 0 Å². The third kappa shape index (κ3) is 1.49. The molecule has 0 unspecified atom stereocenters. The number of aryl methyl sites for hydroxylation is 1. The number of fused-ring (bicyclic) bond motifs is 1. The number of benzene rings is 1. The molecule has 3 N–H and O–H groups in total. The number of hydrogen-bond acceptors (Lipinski definition) is 3. The number of aromatic hydroxyl groups is 1. The normalized spacial score (nSPS) is 11.0. The lowest BCUT2D eigenvalue weighted by atomic mass is 10.2. The first-order valence-corrected chi connectivity index (χ1v) is 5.45. The number of hydrogen-bond donors (Lipinski definition) is 2. The van der Waals surface area contributed by atoms with Gasteiger partial charge in [0.1, 0.15) is 5.75 Å². The van der Waals surface area contributed by atoms with Crippen LogP contribution in [0.2, 0.25) is 0 Å². The second-order valence-electron chi connectivity index (χ2n) is 3.41. The molecule has 0 saturated heterocycles. The molecule has 0 radical (unpaired) electrons. The van der Waals surface area contributed by atoms with E-state index in [0.29, 0.717) is 12.3 Å². The lowest BCUT2D eigenvalue weighted by Crippen LogP contribution is -2.00. The zero-order valence-corrected chi connectivity index (χ0v) is 8.90. The third-order valence-electron chi connectivity index (χ3n) is 2.26. The van der Waals surface area contributed by atoms with Crippen LogP contribution in [-0.4, -0.2) is 11.7 Å². The van der Waals surface area contributed by atoms with Gasteiger partial charge in [0, 0.05) is 15.0 Å². The van der Waals surface area contributed by atoms with E-state index in [1.54, 1.807) is 11.3 Å². The highest BCUT2D eigenvalue weighted by Gasteiger charge is 2.09. The fourth-order valence-corrected chi connectivity index (χ4v) is 2.75. The maximum Gasteiger partial charge on any atom is 0.137 e. The van der Waals surface area contributed by atoms with Gasteiger partial charge in [-0.3, -0.25) is 0 Å². The maximum atomic E-state index is 9.87. The number of nitrogens with two attached hydrogens (primary N) is 1. The zero-order chi connectivity index (χ0) is 10.1. The van der Waals surface area contributed by atoms with E-state index in [4.69, 9.17) is 5.73 Å². The van der Waals surface area contributed by atoms with Crippen molar-refractivity contribution in [3.8, 4) is 5.75 Å². The van der Waals surface area contributed by atoms with Crippen molar-refractivity contribution >= 4 is 21.4 Å². The van der Waals surface area contributed by atoms with Gasteiger partial charge in [-0.05, 0) is 37.6 Å². The molecule has 0 atom stereocenters. The van der Waals surface area contributed by atoms with Crippen molar-refractivity contribution in [2.75, 3.05) is 6.54 Å². The van der Waals surface area contributed by atoms with Crippen molar-refractivity contribution in [3.63, 3.8) is 0 Å². The molecular weight excluding hydrogens is 194 g/mol. The molecular formula is C11H13NOS. The summed E-state index contributed by atoms with van der Waals surface area (Å²) in [5.74, 6) is 0.412. The second-order valence-corrected chi connectivity index (χ2v) is 4.55. The molecule has 0 bridgehead atoms. The van der Waals surface area contributed by atoms with Crippen molar-refractivity contribution in [1.29, 1.82) is 0 Å². The van der Waals surface area contributed by atoms with E-state index in [1.165, 1.54) is 5.56 Å². The van der Waals surface area contributed by atoms with Gasteiger partial charge in [0.25, 0.3) is 0 Å². The van der Waals surface area contributed by atoms with Gasteiger partial charge in [0.15, 0.2) is 0 Å². The first-order chi connectivity index (χ1) is 6.72. The van der Waals surface area contributed by atoms with E-state index in [2.05, 4.69) is 13.0 Å². The molecule has 2 aromatic rings. The predicted molar refractivity (Wildman–Crippen MR) is 61.0 cm³/mol. The summed E-state index contributed by atoms with van der Waals surface area (Å²) in [6.07, 6.45) is 0.754. The average Bonchev–Trinajstić information content (AvgIpc) is 2.44. The first kappa shape index (κ1) is 9.49. The van der Waals surface area contributed by atoms with Gasteiger partial charge in [-0.25, -0.2) is 0 Å². The van der Waals surface area contributed by atoms with Gasteiger partial charge in [-0.2, -0.15) is 0 Å². The molecule has 3 heteroatoms. The minimum atomic E-state index is 0.412. The van der Waals surface area contributed by atoms with Crippen LogP contribution in [-0.2, 0) is 6.42 Å². The molecule has 2 nitrogen and oxygen atoms in total. The monoisotopic (exact) mass is 207 g/mol. The van der Waals surface area contributed by atoms with E-state index in [0.717, 1.165) is 21.4 Å². The molecule has 1 heterocycles. The lowest BCUT2D eigenvalue weighted by molar-refractivity contribution is 0.477. The summed E-state index contributed by atoms with van der Waals surface area (Å²) in [4.78, 5) is 0.994. The summed E-state index contributed by atoms with van der Waals surface area (Å²) in [6, 6.07) is 6.08. The Morgan fingerprint density at radius 2 is 2.21 bits per heavy atom. The van der Waals surface area contributed by atoms with Gasteiger partial charge in [-0.1, -0.05) is 6.07 Å². The maximum absolute atomic E-state index is 9.87. The third-order valence-corrected chi connectivity index (χ3v) is 3.46. The van der Waals surface area contributed by atoms with Crippen LogP contribution in [0.3, 0.4) is 0 Å². The predicted octanol–water partition coefficient (Wildman–Crippen LogP) is 2.42. The van der Waals surface area contributed by atoms with E-state index in [9.17, 15) is 5.11 Å². The molecule has 0 amide bonds.